The Hall–Kier alpha value is -4.57. The number of likely N-dealkylation sites (N-methyl/N-ethyl adjacent to an activating group) is 1. The van der Waals surface area contributed by atoms with Crippen LogP contribution in [0.15, 0.2) is 121 Å². The minimum atomic E-state index is -0.799. The van der Waals surface area contributed by atoms with E-state index in [-0.39, 0.29) is 17.3 Å². The van der Waals surface area contributed by atoms with Crippen molar-refractivity contribution >= 4 is 38.9 Å². The summed E-state index contributed by atoms with van der Waals surface area (Å²) in [6, 6.07) is 25.7. The molecule has 0 fully saturated rings. The van der Waals surface area contributed by atoms with Crippen LogP contribution >= 0.6 is 0 Å². The highest BCUT2D eigenvalue weighted by molar-refractivity contribution is 5.95. The van der Waals surface area contributed by atoms with Crippen molar-refractivity contribution < 1.29 is 9.90 Å². The van der Waals surface area contributed by atoms with Crippen LogP contribution in [0.1, 0.15) is 51.7 Å². The van der Waals surface area contributed by atoms with Gasteiger partial charge in [0.1, 0.15) is 0 Å². The standard InChI is InChI=1S/C39H42N2O2/c1-38(2,36-30-18-13-11-16-28(30)21-23-32(36)40-27-25-35(42)43)26-15-9-7-6-8-10-20-34-39(3,4)37-31-19-14-12-17-29(31)22-24-33(37)41(34)5/h6-24,40H,25-27H2,1-5H3,(H,42,43)/b7-6+,10-8+,15-9+,34-20+. The third kappa shape index (κ3) is 6.15. The molecular weight excluding hydrogens is 528 g/mol. The molecule has 0 radical (unpaired) electrons. The highest BCUT2D eigenvalue weighted by atomic mass is 16.4. The molecule has 0 aromatic heterocycles. The number of hydrogen-bond donors (Lipinski definition) is 2. The summed E-state index contributed by atoms with van der Waals surface area (Å²) >= 11 is 0. The first-order valence-corrected chi connectivity index (χ1v) is 15.1. The molecule has 1 heterocycles. The van der Waals surface area contributed by atoms with Gasteiger partial charge in [-0.1, -0.05) is 125 Å². The van der Waals surface area contributed by atoms with Crippen LogP contribution in [0.25, 0.3) is 21.5 Å². The number of benzene rings is 4. The summed E-state index contributed by atoms with van der Waals surface area (Å²) in [5, 5.41) is 17.5. The second-order valence-electron chi connectivity index (χ2n) is 12.5. The number of carboxylic acid groups (broad SMARTS) is 1. The summed E-state index contributed by atoms with van der Waals surface area (Å²) in [5.74, 6) is -0.799. The molecule has 4 nitrogen and oxygen atoms in total. The van der Waals surface area contributed by atoms with Gasteiger partial charge in [-0.2, -0.15) is 0 Å². The topological polar surface area (TPSA) is 52.6 Å². The van der Waals surface area contributed by atoms with Crippen LogP contribution in [0.3, 0.4) is 0 Å². The number of carboxylic acids is 1. The minimum absolute atomic E-state index is 0.0826. The first kappa shape index (κ1) is 29.9. The van der Waals surface area contributed by atoms with Crippen LogP contribution in [0, 0.1) is 0 Å². The molecule has 220 valence electrons. The van der Waals surface area contributed by atoms with Crippen molar-refractivity contribution in [1.29, 1.82) is 0 Å². The lowest BCUT2D eigenvalue weighted by atomic mass is 9.78. The van der Waals surface area contributed by atoms with Gasteiger partial charge in [-0.25, -0.2) is 0 Å². The Balaban J connectivity index is 1.28. The molecule has 0 aliphatic carbocycles. The fourth-order valence-electron chi connectivity index (χ4n) is 6.53. The molecule has 5 rings (SSSR count). The van der Waals surface area contributed by atoms with Crippen molar-refractivity contribution in [2.24, 2.45) is 0 Å². The number of allylic oxidation sites excluding steroid dienone is 8. The predicted octanol–water partition coefficient (Wildman–Crippen LogP) is 9.53. The molecule has 2 N–H and O–H groups in total. The van der Waals surface area contributed by atoms with E-state index in [1.807, 2.05) is 0 Å². The number of aliphatic carboxylic acids is 1. The van der Waals surface area contributed by atoms with Crippen LogP contribution < -0.4 is 10.2 Å². The SMILES string of the molecule is CN1/C(=C/C=C/C=C/C=C/CC(C)(C)c2c(NCCC(=O)O)ccc3ccccc23)C(C)(C)c2c1ccc1ccccc21. The molecule has 4 aromatic rings. The lowest BCUT2D eigenvalue weighted by molar-refractivity contribution is -0.136. The predicted molar refractivity (Wildman–Crippen MR) is 183 cm³/mol. The maximum atomic E-state index is 11.1. The van der Waals surface area contributed by atoms with Gasteiger partial charge in [0.05, 0.1) is 6.42 Å². The molecule has 0 spiro atoms. The number of hydrogen-bond acceptors (Lipinski definition) is 3. The lowest BCUT2D eigenvalue weighted by Crippen LogP contribution is -2.22. The molecule has 1 aliphatic rings. The van der Waals surface area contributed by atoms with Crippen LogP contribution in [-0.2, 0) is 15.6 Å². The maximum Gasteiger partial charge on any atom is 0.305 e. The quantitative estimate of drug-likeness (QED) is 0.186. The van der Waals surface area contributed by atoms with Crippen molar-refractivity contribution in [2.45, 2.75) is 51.4 Å². The zero-order valence-corrected chi connectivity index (χ0v) is 25.9. The van der Waals surface area contributed by atoms with Crippen molar-refractivity contribution in [1.82, 2.24) is 0 Å². The van der Waals surface area contributed by atoms with Gasteiger partial charge in [0, 0.05) is 36.1 Å². The maximum absolute atomic E-state index is 11.1. The normalized spacial score (nSPS) is 15.9. The summed E-state index contributed by atoms with van der Waals surface area (Å²) in [4.78, 5) is 13.4. The molecule has 4 heteroatoms. The van der Waals surface area contributed by atoms with Gasteiger partial charge in [0.15, 0.2) is 0 Å². The minimum Gasteiger partial charge on any atom is -0.481 e. The van der Waals surface area contributed by atoms with Gasteiger partial charge in [0.25, 0.3) is 0 Å². The van der Waals surface area contributed by atoms with Gasteiger partial charge < -0.3 is 15.3 Å². The number of anilines is 2. The van der Waals surface area contributed by atoms with E-state index in [4.69, 9.17) is 5.11 Å². The van der Waals surface area contributed by atoms with Crippen LogP contribution in [0.4, 0.5) is 11.4 Å². The highest BCUT2D eigenvalue weighted by Crippen LogP contribution is 2.49. The van der Waals surface area contributed by atoms with E-state index in [1.54, 1.807) is 0 Å². The average Bonchev–Trinajstić information content (AvgIpc) is 3.18. The Morgan fingerprint density at radius 3 is 2.23 bits per heavy atom. The van der Waals surface area contributed by atoms with E-state index >= 15 is 0 Å². The van der Waals surface area contributed by atoms with E-state index in [9.17, 15) is 4.79 Å². The molecule has 0 saturated heterocycles. The molecule has 0 atom stereocenters. The van der Waals surface area contributed by atoms with Crippen molar-refractivity contribution in [3.05, 3.63) is 132 Å². The summed E-state index contributed by atoms with van der Waals surface area (Å²) in [6.45, 7) is 9.51. The monoisotopic (exact) mass is 570 g/mol. The Labute approximate surface area is 255 Å². The van der Waals surface area contributed by atoms with Gasteiger partial charge >= 0.3 is 5.97 Å². The molecule has 0 amide bonds. The Kier molecular flexibility index (Phi) is 8.59. The fourth-order valence-corrected chi connectivity index (χ4v) is 6.53. The molecular formula is C39H42N2O2. The third-order valence-electron chi connectivity index (χ3n) is 8.62. The van der Waals surface area contributed by atoms with E-state index in [1.165, 1.54) is 44.1 Å². The molecule has 1 aliphatic heterocycles. The van der Waals surface area contributed by atoms with Crippen molar-refractivity contribution in [3.63, 3.8) is 0 Å². The first-order chi connectivity index (χ1) is 20.6. The number of rotatable bonds is 10. The second kappa shape index (κ2) is 12.3. The van der Waals surface area contributed by atoms with Gasteiger partial charge in [0.2, 0.25) is 0 Å². The van der Waals surface area contributed by atoms with Crippen LogP contribution in [0.5, 0.6) is 0 Å². The zero-order valence-electron chi connectivity index (χ0n) is 25.9. The molecule has 43 heavy (non-hydrogen) atoms. The molecule has 0 bridgehead atoms. The van der Waals surface area contributed by atoms with Gasteiger partial charge in [-0.05, 0) is 62.7 Å². The van der Waals surface area contributed by atoms with E-state index in [0.717, 1.165) is 12.1 Å². The largest absolute Gasteiger partial charge is 0.481 e. The van der Waals surface area contributed by atoms with E-state index in [0.29, 0.717) is 6.54 Å². The lowest BCUT2D eigenvalue weighted by Gasteiger charge is -2.29. The summed E-state index contributed by atoms with van der Waals surface area (Å²) in [6.07, 6.45) is 15.8. The summed E-state index contributed by atoms with van der Waals surface area (Å²) in [5.41, 5.74) is 5.91. The Bertz CT molecular complexity index is 1770. The second-order valence-corrected chi connectivity index (χ2v) is 12.5. The smallest absolute Gasteiger partial charge is 0.305 e. The van der Waals surface area contributed by atoms with Crippen LogP contribution in [-0.4, -0.2) is 24.7 Å². The van der Waals surface area contributed by atoms with E-state index in [2.05, 4.69) is 160 Å². The third-order valence-corrected chi connectivity index (χ3v) is 8.62. The number of nitrogens with zero attached hydrogens (tertiary/aromatic N) is 1. The molecule has 4 aromatic carbocycles. The van der Waals surface area contributed by atoms with Crippen LogP contribution in [0.2, 0.25) is 0 Å². The zero-order chi connectivity index (χ0) is 30.6. The van der Waals surface area contributed by atoms with Crippen molar-refractivity contribution in [3.8, 4) is 0 Å². The van der Waals surface area contributed by atoms with Crippen molar-refractivity contribution in [2.75, 3.05) is 23.8 Å². The molecule has 0 unspecified atom stereocenters. The number of nitrogens with one attached hydrogen (secondary N) is 1. The number of carbonyl (C=O) groups is 1. The first-order valence-electron chi connectivity index (χ1n) is 15.1. The number of fused-ring (bicyclic) bond motifs is 4. The van der Waals surface area contributed by atoms with Gasteiger partial charge in [-0.15, -0.1) is 0 Å². The van der Waals surface area contributed by atoms with Gasteiger partial charge in [-0.3, -0.25) is 4.79 Å². The molecule has 0 saturated carbocycles. The Morgan fingerprint density at radius 2 is 1.49 bits per heavy atom. The summed E-state index contributed by atoms with van der Waals surface area (Å²) < 4.78 is 0. The Morgan fingerprint density at radius 1 is 0.860 bits per heavy atom. The highest BCUT2D eigenvalue weighted by Gasteiger charge is 2.39. The van der Waals surface area contributed by atoms with E-state index < -0.39 is 5.97 Å². The summed E-state index contributed by atoms with van der Waals surface area (Å²) in [7, 11) is 2.16. The fraction of sp³-hybridized carbons (Fsp3) is 0.256. The average molecular weight is 571 g/mol.